The second kappa shape index (κ2) is 5.64. The van der Waals surface area contributed by atoms with E-state index in [1.807, 2.05) is 0 Å². The lowest BCUT2D eigenvalue weighted by Crippen LogP contribution is -2.55. The summed E-state index contributed by atoms with van der Waals surface area (Å²) in [5.41, 5.74) is -0.540. The number of nitrogens with zero attached hydrogens (tertiary/aromatic N) is 3. The molecule has 2 atom stereocenters. The Morgan fingerprint density at radius 1 is 1.30 bits per heavy atom. The summed E-state index contributed by atoms with van der Waals surface area (Å²) in [6.45, 7) is -6.29. The van der Waals surface area contributed by atoms with Gasteiger partial charge in [0.05, 0.1) is 5.52 Å². The summed E-state index contributed by atoms with van der Waals surface area (Å²) in [4.78, 5) is 13.4. The number of piperidine rings is 2. The van der Waals surface area contributed by atoms with Crippen molar-refractivity contribution in [1.29, 1.82) is 0 Å². The highest BCUT2D eigenvalue weighted by atomic mass is 16.2. The van der Waals surface area contributed by atoms with E-state index < -0.39 is 75.5 Å². The van der Waals surface area contributed by atoms with Crippen molar-refractivity contribution in [1.82, 2.24) is 20.0 Å². The number of rotatable bonds is 2. The number of aryl methyl sites for hydroxylation is 1. The fourth-order valence-electron chi connectivity index (χ4n) is 2.59. The molecule has 0 aliphatic carbocycles. The average Bonchev–Trinajstić information content (AvgIpc) is 3.14. The second-order valence-corrected chi connectivity index (χ2v) is 5.14. The summed E-state index contributed by atoms with van der Waals surface area (Å²) < 4.78 is 132. The topological polar surface area (TPSA) is 50.2 Å². The first-order valence-corrected chi connectivity index (χ1v) is 6.91. The smallest absolute Gasteiger partial charge is 0.272 e. The highest BCUT2D eigenvalue weighted by molar-refractivity contribution is 6.04. The fourth-order valence-corrected chi connectivity index (χ4v) is 2.59. The van der Waals surface area contributed by atoms with Crippen molar-refractivity contribution in [3.63, 3.8) is 0 Å². The van der Waals surface area contributed by atoms with Gasteiger partial charge in [-0.25, -0.2) is 0 Å². The third kappa shape index (κ3) is 2.53. The number of carbonyl (C=O) groups excluding carboxylic acids is 1. The van der Waals surface area contributed by atoms with Crippen LogP contribution in [-0.2, 0) is 6.98 Å². The van der Waals surface area contributed by atoms with Crippen LogP contribution in [0.25, 0.3) is 10.9 Å². The van der Waals surface area contributed by atoms with Gasteiger partial charge in [0, 0.05) is 52.4 Å². The van der Waals surface area contributed by atoms with E-state index in [0.29, 0.717) is 4.68 Å². The van der Waals surface area contributed by atoms with Crippen LogP contribution in [0.1, 0.15) is 64.3 Å². The van der Waals surface area contributed by atoms with Crippen molar-refractivity contribution >= 4 is 16.8 Å². The molecule has 0 saturated carbocycles. The standard InChI is InChI=1S/C18H24N4O/c1-21-13-6-5-7-14(21)11-12(10-13)19-18(23)17-15-8-3-4-9-16(15)22(2)20-17/h3-4,8-9,12-14H,5-7,10-11H2,1-2H3,(H,19,23)/t13-,14-/m1/s1/i1D3,2D3,5D2,6D2,7D2,10D2,11D2. The quantitative estimate of drug-likeness (QED) is 0.920. The monoisotopic (exact) mass is 328 g/mol. The predicted molar refractivity (Wildman–Crippen MR) is 90.4 cm³/mol. The minimum atomic E-state index is -3.55. The molecule has 0 unspecified atom stereocenters. The Kier molecular flexibility index (Phi) is 1.30. The van der Waals surface area contributed by atoms with Gasteiger partial charge >= 0.3 is 0 Å². The molecule has 1 N–H and O–H groups in total. The Balaban J connectivity index is 1.90. The van der Waals surface area contributed by atoms with E-state index >= 15 is 0 Å². The molecule has 4 rings (SSSR count). The van der Waals surface area contributed by atoms with Crippen molar-refractivity contribution < 1.29 is 26.7 Å². The number of nitrogens with one attached hydrogen (secondary N) is 1. The molecule has 2 fully saturated rings. The van der Waals surface area contributed by atoms with Gasteiger partial charge in [0.15, 0.2) is 5.69 Å². The number of para-hydroxylation sites is 1. The fraction of sp³-hybridized carbons (Fsp3) is 0.556. The SMILES string of the molecule is [2H]C1([2H])C(NC(=O)c2nn(C([2H])([2H])[2H])c3ccccc23)C([2H])([2H])[C@@H]2N(C([2H])([2H])[2H])[C@@H]1C([2H])([2H])C([2H])([2H])C2([2H])[2H]. The van der Waals surface area contributed by atoms with E-state index in [9.17, 15) is 4.79 Å². The first-order chi connectivity index (χ1) is 17.3. The summed E-state index contributed by atoms with van der Waals surface area (Å²) in [7, 11) is 0. The number of hydrogen-bond acceptors (Lipinski definition) is 3. The molecule has 1 aromatic heterocycles. The second-order valence-electron chi connectivity index (χ2n) is 5.14. The number of aromatic nitrogens is 2. The number of carbonyl (C=O) groups is 1. The molecule has 2 aromatic rings. The largest absolute Gasteiger partial charge is 0.348 e. The Morgan fingerprint density at radius 3 is 2.83 bits per heavy atom. The molecular formula is C18H24N4O. The van der Waals surface area contributed by atoms with Crippen molar-refractivity contribution in [2.24, 2.45) is 6.98 Å². The Labute approximate surface area is 159 Å². The molecule has 122 valence electrons. The van der Waals surface area contributed by atoms with Crippen molar-refractivity contribution in [2.45, 2.75) is 50.0 Å². The normalized spacial score (nSPS) is 50.3. The van der Waals surface area contributed by atoms with E-state index in [4.69, 9.17) is 21.9 Å². The van der Waals surface area contributed by atoms with Gasteiger partial charge < -0.3 is 10.2 Å². The number of benzene rings is 1. The molecule has 1 aromatic carbocycles. The van der Waals surface area contributed by atoms with Gasteiger partial charge in [-0.3, -0.25) is 9.48 Å². The lowest BCUT2D eigenvalue weighted by Gasteiger charge is -2.47. The van der Waals surface area contributed by atoms with Gasteiger partial charge in [0.25, 0.3) is 5.91 Å². The molecule has 0 spiro atoms. The number of fused-ring (bicyclic) bond motifs is 3. The van der Waals surface area contributed by atoms with E-state index in [0.717, 1.165) is 0 Å². The molecule has 5 nitrogen and oxygen atoms in total. The van der Waals surface area contributed by atoms with Crippen molar-refractivity contribution in [2.75, 3.05) is 6.98 Å². The highest BCUT2D eigenvalue weighted by Crippen LogP contribution is 2.32. The highest BCUT2D eigenvalue weighted by Gasteiger charge is 2.36. The zero-order valence-corrected chi connectivity index (χ0v) is 11.8. The van der Waals surface area contributed by atoms with Crippen LogP contribution >= 0.6 is 0 Å². The van der Waals surface area contributed by atoms with Crippen LogP contribution in [0.15, 0.2) is 24.3 Å². The lowest BCUT2D eigenvalue weighted by molar-refractivity contribution is 0.0462. The van der Waals surface area contributed by atoms with Crippen molar-refractivity contribution in [3.05, 3.63) is 30.0 Å². The Morgan fingerprint density at radius 2 is 2.09 bits per heavy atom. The average molecular weight is 329 g/mol. The van der Waals surface area contributed by atoms with Gasteiger partial charge in [0.1, 0.15) is 0 Å². The molecule has 23 heavy (non-hydrogen) atoms. The maximum absolute atomic E-state index is 13.4. The van der Waals surface area contributed by atoms with Crippen molar-refractivity contribution in [3.8, 4) is 0 Å². The van der Waals surface area contributed by atoms with Gasteiger partial charge in [-0.15, -0.1) is 0 Å². The van der Waals surface area contributed by atoms with Gasteiger partial charge in [-0.1, -0.05) is 24.6 Å². The first kappa shape index (κ1) is 5.31. The van der Waals surface area contributed by atoms with Crippen LogP contribution in [0.2, 0.25) is 0 Å². The molecule has 2 bridgehead atoms. The minimum absolute atomic E-state index is 0.00336. The summed E-state index contributed by atoms with van der Waals surface area (Å²) in [6, 6.07) is -1.92. The minimum Gasteiger partial charge on any atom is -0.348 e. The molecular weight excluding hydrogens is 288 g/mol. The molecule has 1 amide bonds. The molecule has 0 radical (unpaired) electrons. The molecule has 5 heteroatoms. The summed E-state index contributed by atoms with van der Waals surface area (Å²) in [5, 5.41) is 5.89. The maximum atomic E-state index is 13.4. The Hall–Kier alpha value is -1.88. The van der Waals surface area contributed by atoms with E-state index in [-0.39, 0.29) is 15.8 Å². The van der Waals surface area contributed by atoms with Crippen LogP contribution in [0.4, 0.5) is 0 Å². The zero-order chi connectivity index (χ0) is 29.9. The number of amides is 1. The number of hydrogen-bond donors (Lipinski definition) is 1. The van der Waals surface area contributed by atoms with E-state index in [1.165, 1.54) is 24.3 Å². The summed E-state index contributed by atoms with van der Waals surface area (Å²) in [5.74, 6) is -1.28. The summed E-state index contributed by atoms with van der Waals surface area (Å²) >= 11 is 0. The van der Waals surface area contributed by atoms with E-state index in [1.54, 1.807) is 0 Å². The van der Waals surface area contributed by atoms with Crippen LogP contribution in [-0.4, -0.2) is 45.7 Å². The third-order valence-electron chi connectivity index (χ3n) is 3.70. The molecule has 2 aliphatic heterocycles. The molecule has 3 heterocycles. The molecule has 2 saturated heterocycles. The Bertz CT molecular complexity index is 1270. The molecule has 2 aliphatic rings. The van der Waals surface area contributed by atoms with Gasteiger partial charge in [-0.05, 0) is 38.5 Å². The maximum Gasteiger partial charge on any atom is 0.272 e. The predicted octanol–water partition coefficient (Wildman–Crippen LogP) is 2.32. The van der Waals surface area contributed by atoms with Crippen LogP contribution in [0, 0.1) is 0 Å². The first-order valence-electron chi connectivity index (χ1n) is 14.9. The third-order valence-corrected chi connectivity index (χ3v) is 3.70. The van der Waals surface area contributed by atoms with Gasteiger partial charge in [-0.2, -0.15) is 5.10 Å². The van der Waals surface area contributed by atoms with Crippen LogP contribution < -0.4 is 5.32 Å². The lowest BCUT2D eigenvalue weighted by atomic mass is 9.82. The van der Waals surface area contributed by atoms with E-state index in [2.05, 4.69) is 10.4 Å². The zero-order valence-electron chi connectivity index (χ0n) is 27.8. The van der Waals surface area contributed by atoms with Crippen LogP contribution in [0.5, 0.6) is 0 Å². The van der Waals surface area contributed by atoms with Crippen LogP contribution in [0.3, 0.4) is 0 Å². The van der Waals surface area contributed by atoms with Gasteiger partial charge in [0.2, 0.25) is 0 Å². The summed E-state index contributed by atoms with van der Waals surface area (Å²) in [6.07, 6.45) is -17.3.